The number of amides is 1. The second-order valence-corrected chi connectivity index (χ2v) is 4.04. The lowest BCUT2D eigenvalue weighted by Gasteiger charge is -2.17. The molecule has 0 bridgehead atoms. The van der Waals surface area contributed by atoms with Crippen molar-refractivity contribution < 1.29 is 18.7 Å². The number of aromatic hydroxyl groups is 1. The van der Waals surface area contributed by atoms with Crippen LogP contribution in [0.4, 0.5) is 14.5 Å². The first-order valence-electron chi connectivity index (χ1n) is 5.50. The van der Waals surface area contributed by atoms with E-state index >= 15 is 0 Å². The number of anilines is 1. The van der Waals surface area contributed by atoms with E-state index in [1.165, 1.54) is 24.1 Å². The molecule has 0 unspecified atom stereocenters. The van der Waals surface area contributed by atoms with Gasteiger partial charge in [0.25, 0.3) is 5.91 Å². The van der Waals surface area contributed by atoms with Crippen LogP contribution in [-0.2, 0) is 0 Å². The van der Waals surface area contributed by atoms with Gasteiger partial charge in [-0.3, -0.25) is 4.79 Å². The van der Waals surface area contributed by atoms with Gasteiger partial charge >= 0.3 is 0 Å². The van der Waals surface area contributed by atoms with Gasteiger partial charge in [-0.05, 0) is 24.3 Å². The van der Waals surface area contributed by atoms with Crippen molar-refractivity contribution in [3.8, 4) is 5.75 Å². The van der Waals surface area contributed by atoms with Crippen LogP contribution in [0.25, 0.3) is 0 Å². The number of carbonyl (C=O) groups is 1. The molecule has 0 fully saturated rings. The van der Waals surface area contributed by atoms with Gasteiger partial charge in [-0.1, -0.05) is 6.07 Å². The fraction of sp³-hybridized carbons (Fsp3) is 0.0714. The fourth-order valence-electron chi connectivity index (χ4n) is 1.69. The summed E-state index contributed by atoms with van der Waals surface area (Å²) in [6, 6.07) is 8.64. The molecule has 0 radical (unpaired) electrons. The number of hydrogen-bond donors (Lipinski definition) is 1. The maximum absolute atomic E-state index is 13.1. The minimum atomic E-state index is -0.812. The van der Waals surface area contributed by atoms with Crippen LogP contribution in [0.3, 0.4) is 0 Å². The van der Waals surface area contributed by atoms with Gasteiger partial charge in [0.15, 0.2) is 0 Å². The molecule has 98 valence electrons. The van der Waals surface area contributed by atoms with Gasteiger partial charge in [0.2, 0.25) is 0 Å². The Morgan fingerprint density at radius 2 is 1.74 bits per heavy atom. The van der Waals surface area contributed by atoms with Crippen LogP contribution in [0.1, 0.15) is 10.4 Å². The van der Waals surface area contributed by atoms with Gasteiger partial charge in [-0.25, -0.2) is 8.78 Å². The first kappa shape index (κ1) is 13.0. The smallest absolute Gasteiger partial charge is 0.258 e. The quantitative estimate of drug-likeness (QED) is 0.905. The van der Waals surface area contributed by atoms with Crippen molar-refractivity contribution in [2.45, 2.75) is 0 Å². The summed E-state index contributed by atoms with van der Waals surface area (Å²) < 4.78 is 26.1. The lowest BCUT2D eigenvalue weighted by molar-refractivity contribution is 0.0992. The first-order chi connectivity index (χ1) is 8.97. The van der Waals surface area contributed by atoms with Gasteiger partial charge in [-0.15, -0.1) is 0 Å². The molecule has 0 aliphatic rings. The summed E-state index contributed by atoms with van der Waals surface area (Å²) in [5.74, 6) is -2.19. The largest absolute Gasteiger partial charge is 0.508 e. The molecule has 0 aromatic heterocycles. The van der Waals surface area contributed by atoms with E-state index < -0.39 is 17.5 Å². The zero-order chi connectivity index (χ0) is 14.0. The van der Waals surface area contributed by atoms with E-state index in [1.807, 2.05) is 0 Å². The van der Waals surface area contributed by atoms with Crippen molar-refractivity contribution in [1.82, 2.24) is 0 Å². The highest BCUT2D eigenvalue weighted by Crippen LogP contribution is 2.21. The molecule has 0 saturated carbocycles. The van der Waals surface area contributed by atoms with Crippen molar-refractivity contribution in [2.75, 3.05) is 11.9 Å². The Morgan fingerprint density at radius 3 is 2.32 bits per heavy atom. The van der Waals surface area contributed by atoms with Gasteiger partial charge in [-0.2, -0.15) is 0 Å². The van der Waals surface area contributed by atoms with Gasteiger partial charge in [0.1, 0.15) is 17.4 Å². The third-order valence-corrected chi connectivity index (χ3v) is 2.63. The summed E-state index contributed by atoms with van der Waals surface area (Å²) in [5, 5.41) is 9.34. The van der Waals surface area contributed by atoms with E-state index in [9.17, 15) is 18.7 Å². The number of hydrogen-bond acceptors (Lipinski definition) is 2. The van der Waals surface area contributed by atoms with Gasteiger partial charge in [0, 0.05) is 30.4 Å². The highest BCUT2D eigenvalue weighted by molar-refractivity contribution is 6.05. The van der Waals surface area contributed by atoms with Crippen LogP contribution in [0, 0.1) is 11.6 Å². The van der Waals surface area contributed by atoms with Gasteiger partial charge < -0.3 is 10.0 Å². The average molecular weight is 263 g/mol. The topological polar surface area (TPSA) is 40.5 Å². The SMILES string of the molecule is CN(C(=O)c1cc(F)cc(F)c1)c1cccc(O)c1. The van der Waals surface area contributed by atoms with Crippen molar-refractivity contribution in [2.24, 2.45) is 0 Å². The maximum atomic E-state index is 13.1. The third-order valence-electron chi connectivity index (χ3n) is 2.63. The Balaban J connectivity index is 2.33. The second-order valence-electron chi connectivity index (χ2n) is 4.04. The normalized spacial score (nSPS) is 10.3. The minimum absolute atomic E-state index is 0.00238. The summed E-state index contributed by atoms with van der Waals surface area (Å²) in [6.07, 6.45) is 0. The Labute approximate surface area is 108 Å². The predicted molar refractivity (Wildman–Crippen MR) is 67.2 cm³/mol. The number of halogens is 2. The van der Waals surface area contributed by atoms with Crippen LogP contribution < -0.4 is 4.90 Å². The molecule has 19 heavy (non-hydrogen) atoms. The molecule has 2 rings (SSSR count). The number of phenols is 1. The lowest BCUT2D eigenvalue weighted by Crippen LogP contribution is -2.26. The lowest BCUT2D eigenvalue weighted by atomic mass is 10.1. The summed E-state index contributed by atoms with van der Waals surface area (Å²) >= 11 is 0. The summed E-state index contributed by atoms with van der Waals surface area (Å²) in [4.78, 5) is 13.3. The van der Waals surface area contributed by atoms with E-state index in [-0.39, 0.29) is 11.3 Å². The van der Waals surface area contributed by atoms with Crippen LogP contribution in [-0.4, -0.2) is 18.1 Å². The standard InChI is InChI=1S/C14H11F2NO2/c1-17(12-3-2-4-13(18)8-12)14(19)9-5-10(15)7-11(16)6-9/h2-8,18H,1H3. The van der Waals surface area contributed by atoms with Crippen molar-refractivity contribution in [3.63, 3.8) is 0 Å². The number of phenolic OH excluding ortho intramolecular Hbond substituents is 1. The maximum Gasteiger partial charge on any atom is 0.258 e. The molecule has 2 aromatic rings. The van der Waals surface area contributed by atoms with Crippen LogP contribution in [0.15, 0.2) is 42.5 Å². The zero-order valence-corrected chi connectivity index (χ0v) is 10.1. The first-order valence-corrected chi connectivity index (χ1v) is 5.50. The number of carbonyl (C=O) groups excluding carboxylic acids is 1. The zero-order valence-electron chi connectivity index (χ0n) is 10.1. The molecular weight excluding hydrogens is 252 g/mol. The molecule has 3 nitrogen and oxygen atoms in total. The Hall–Kier alpha value is -2.43. The Bertz CT molecular complexity index is 608. The van der Waals surface area contributed by atoms with E-state index in [4.69, 9.17) is 0 Å². The number of benzene rings is 2. The molecule has 0 heterocycles. The molecule has 5 heteroatoms. The Morgan fingerprint density at radius 1 is 1.11 bits per heavy atom. The van der Waals surface area contributed by atoms with Crippen LogP contribution in [0.2, 0.25) is 0 Å². The fourth-order valence-corrected chi connectivity index (χ4v) is 1.69. The Kier molecular flexibility index (Phi) is 3.46. The third kappa shape index (κ3) is 2.88. The molecule has 0 atom stereocenters. The monoisotopic (exact) mass is 263 g/mol. The highest BCUT2D eigenvalue weighted by atomic mass is 19.1. The molecule has 0 aliphatic carbocycles. The minimum Gasteiger partial charge on any atom is -0.508 e. The summed E-state index contributed by atoms with van der Waals surface area (Å²) in [6.45, 7) is 0. The van der Waals surface area contributed by atoms with E-state index in [1.54, 1.807) is 12.1 Å². The molecule has 0 saturated heterocycles. The molecule has 0 spiro atoms. The van der Waals surface area contributed by atoms with Crippen molar-refractivity contribution >= 4 is 11.6 Å². The van der Waals surface area contributed by atoms with Crippen LogP contribution >= 0.6 is 0 Å². The number of rotatable bonds is 2. The molecular formula is C14H11F2NO2. The summed E-state index contributed by atoms with van der Waals surface area (Å²) in [5.41, 5.74) is 0.331. The second kappa shape index (κ2) is 5.06. The highest BCUT2D eigenvalue weighted by Gasteiger charge is 2.15. The van der Waals surface area contributed by atoms with E-state index in [2.05, 4.69) is 0 Å². The van der Waals surface area contributed by atoms with Crippen molar-refractivity contribution in [1.29, 1.82) is 0 Å². The molecule has 2 aromatic carbocycles. The average Bonchev–Trinajstić information content (AvgIpc) is 2.36. The summed E-state index contributed by atoms with van der Waals surface area (Å²) in [7, 11) is 1.46. The molecule has 1 N–H and O–H groups in total. The van der Waals surface area contributed by atoms with Gasteiger partial charge in [0.05, 0.1) is 0 Å². The van der Waals surface area contributed by atoms with Crippen LogP contribution in [0.5, 0.6) is 5.75 Å². The molecule has 0 aliphatic heterocycles. The van der Waals surface area contributed by atoms with E-state index in [0.717, 1.165) is 12.1 Å². The predicted octanol–water partition coefficient (Wildman–Crippen LogP) is 2.95. The van der Waals surface area contributed by atoms with Crippen molar-refractivity contribution in [3.05, 3.63) is 59.7 Å². The van der Waals surface area contributed by atoms with E-state index in [0.29, 0.717) is 11.8 Å². The number of nitrogens with zero attached hydrogens (tertiary/aromatic N) is 1. The molecule has 1 amide bonds.